The van der Waals surface area contributed by atoms with Gasteiger partial charge in [-0.2, -0.15) is 5.10 Å². The van der Waals surface area contributed by atoms with Crippen molar-refractivity contribution in [1.29, 1.82) is 0 Å². The summed E-state index contributed by atoms with van der Waals surface area (Å²) in [6.07, 6.45) is 0. The molecule has 0 bridgehead atoms. The molecule has 4 nitrogen and oxygen atoms in total. The zero-order valence-electron chi connectivity index (χ0n) is 9.28. The summed E-state index contributed by atoms with van der Waals surface area (Å²) in [5, 5.41) is 12.0. The molecule has 1 spiro atoms. The second kappa shape index (κ2) is 3.65. The third kappa shape index (κ3) is 1.44. The van der Waals surface area contributed by atoms with E-state index in [9.17, 15) is 0 Å². The summed E-state index contributed by atoms with van der Waals surface area (Å²) >= 11 is 5.74. The Kier molecular flexibility index (Phi) is 2.38. The summed E-state index contributed by atoms with van der Waals surface area (Å²) in [7, 11) is 0. The lowest BCUT2D eigenvalue weighted by molar-refractivity contribution is -0.0810. The van der Waals surface area contributed by atoms with Gasteiger partial charge < -0.3 is 10.2 Å². The Bertz CT molecular complexity index is 385. The largest absolute Gasteiger partial charge is 0.307 e. The van der Waals surface area contributed by atoms with Gasteiger partial charge in [-0.15, -0.1) is 5.10 Å². The highest BCUT2D eigenvalue weighted by atomic mass is 35.5. The quantitative estimate of drug-likeness (QED) is 0.838. The number of likely N-dealkylation sites (tertiary alicyclic amines) is 1. The van der Waals surface area contributed by atoms with E-state index in [-0.39, 0.29) is 0 Å². The molecular formula is C11H15ClN4. The van der Waals surface area contributed by atoms with Crippen LogP contribution in [0.15, 0.2) is 12.1 Å². The van der Waals surface area contributed by atoms with Crippen LogP contribution in [-0.2, 0) is 0 Å². The smallest absolute Gasteiger partial charge is 0.151 e. The maximum absolute atomic E-state index is 5.74. The van der Waals surface area contributed by atoms with Crippen LogP contribution in [0.25, 0.3) is 0 Å². The van der Waals surface area contributed by atoms with E-state index in [1.165, 1.54) is 13.1 Å². The van der Waals surface area contributed by atoms with Crippen LogP contribution in [0.1, 0.15) is 18.7 Å². The van der Waals surface area contributed by atoms with Gasteiger partial charge in [0.25, 0.3) is 0 Å². The van der Waals surface area contributed by atoms with Crippen molar-refractivity contribution in [2.24, 2.45) is 5.41 Å². The molecule has 3 heterocycles. The van der Waals surface area contributed by atoms with E-state index in [0.717, 1.165) is 18.8 Å². The molecule has 2 fully saturated rings. The lowest BCUT2D eigenvalue weighted by Crippen LogP contribution is -2.72. The first kappa shape index (κ1) is 10.4. The first-order valence-corrected chi connectivity index (χ1v) is 6.06. The first-order chi connectivity index (χ1) is 7.73. The number of hydrogen-bond acceptors (Lipinski definition) is 4. The molecule has 1 N–H and O–H groups in total. The van der Waals surface area contributed by atoms with Gasteiger partial charge in [0.1, 0.15) is 0 Å². The van der Waals surface area contributed by atoms with Gasteiger partial charge in [-0.3, -0.25) is 0 Å². The van der Waals surface area contributed by atoms with Gasteiger partial charge in [0.15, 0.2) is 5.15 Å². The molecule has 0 aliphatic carbocycles. The van der Waals surface area contributed by atoms with Crippen LogP contribution in [-0.4, -0.2) is 41.3 Å². The Labute approximate surface area is 100.0 Å². The van der Waals surface area contributed by atoms with Gasteiger partial charge in [-0.05, 0) is 18.7 Å². The SMILES string of the molecule is CCN1CC2(CNC2c2ccc(Cl)nn2)C1. The van der Waals surface area contributed by atoms with E-state index in [2.05, 4.69) is 27.3 Å². The molecule has 0 saturated carbocycles. The Morgan fingerprint density at radius 1 is 1.50 bits per heavy atom. The van der Waals surface area contributed by atoms with Crippen LogP contribution in [0.5, 0.6) is 0 Å². The lowest BCUT2D eigenvalue weighted by Gasteiger charge is -2.60. The molecule has 86 valence electrons. The highest BCUT2D eigenvalue weighted by Gasteiger charge is 2.55. The number of rotatable bonds is 2. The predicted molar refractivity (Wildman–Crippen MR) is 62.3 cm³/mol. The molecule has 2 aliphatic heterocycles. The summed E-state index contributed by atoms with van der Waals surface area (Å²) in [6.45, 7) is 6.78. The standard InChI is InChI=1S/C11H15ClN4/c1-2-16-6-11(7-16)5-13-10(11)8-3-4-9(12)15-14-8/h3-4,10,13H,2,5-7H2,1H3. The Balaban J connectivity index is 1.75. The molecule has 2 aliphatic rings. The number of nitrogens with one attached hydrogen (secondary N) is 1. The molecule has 0 aromatic carbocycles. The van der Waals surface area contributed by atoms with Crippen LogP contribution in [0.2, 0.25) is 5.15 Å². The fourth-order valence-corrected chi connectivity index (χ4v) is 2.85. The van der Waals surface area contributed by atoms with Crippen molar-refractivity contribution in [3.05, 3.63) is 23.0 Å². The molecule has 5 heteroatoms. The van der Waals surface area contributed by atoms with E-state index in [4.69, 9.17) is 11.6 Å². The second-order valence-electron chi connectivity index (χ2n) is 4.76. The molecule has 1 aromatic rings. The van der Waals surface area contributed by atoms with Crippen molar-refractivity contribution in [3.63, 3.8) is 0 Å². The molecule has 2 saturated heterocycles. The van der Waals surface area contributed by atoms with Gasteiger partial charge in [0.2, 0.25) is 0 Å². The van der Waals surface area contributed by atoms with Crippen LogP contribution in [0.4, 0.5) is 0 Å². The normalized spacial score (nSPS) is 27.5. The maximum Gasteiger partial charge on any atom is 0.151 e. The van der Waals surface area contributed by atoms with Crippen molar-refractivity contribution >= 4 is 11.6 Å². The topological polar surface area (TPSA) is 41.0 Å². The van der Waals surface area contributed by atoms with Crippen molar-refractivity contribution in [2.45, 2.75) is 13.0 Å². The van der Waals surface area contributed by atoms with Crippen LogP contribution >= 0.6 is 11.6 Å². The zero-order chi connectivity index (χ0) is 11.2. The van der Waals surface area contributed by atoms with E-state index in [1.54, 1.807) is 0 Å². The van der Waals surface area contributed by atoms with Gasteiger partial charge in [0.05, 0.1) is 11.7 Å². The Hall–Kier alpha value is -0.710. The average Bonchev–Trinajstić information content (AvgIpc) is 2.19. The average molecular weight is 239 g/mol. The summed E-state index contributed by atoms with van der Waals surface area (Å²) in [5.41, 5.74) is 1.42. The maximum atomic E-state index is 5.74. The van der Waals surface area contributed by atoms with Crippen LogP contribution < -0.4 is 5.32 Å². The molecule has 3 rings (SSSR count). The van der Waals surface area contributed by atoms with Crippen molar-refractivity contribution in [2.75, 3.05) is 26.2 Å². The van der Waals surface area contributed by atoms with Crippen molar-refractivity contribution < 1.29 is 0 Å². The van der Waals surface area contributed by atoms with Gasteiger partial charge in [-0.25, -0.2) is 0 Å². The second-order valence-corrected chi connectivity index (χ2v) is 5.15. The van der Waals surface area contributed by atoms with Crippen LogP contribution in [0.3, 0.4) is 0 Å². The fraction of sp³-hybridized carbons (Fsp3) is 0.636. The summed E-state index contributed by atoms with van der Waals surface area (Å²) in [4.78, 5) is 2.46. The Morgan fingerprint density at radius 2 is 2.31 bits per heavy atom. The zero-order valence-corrected chi connectivity index (χ0v) is 10.0. The van der Waals surface area contributed by atoms with Gasteiger partial charge >= 0.3 is 0 Å². The molecule has 1 aromatic heterocycles. The van der Waals surface area contributed by atoms with Crippen LogP contribution in [0, 0.1) is 5.41 Å². The monoisotopic (exact) mass is 238 g/mol. The van der Waals surface area contributed by atoms with Crippen molar-refractivity contribution in [3.8, 4) is 0 Å². The highest BCUT2D eigenvalue weighted by molar-refractivity contribution is 6.29. The number of halogens is 1. The molecule has 1 unspecified atom stereocenters. The van der Waals surface area contributed by atoms with E-state index in [1.807, 2.05) is 12.1 Å². The lowest BCUT2D eigenvalue weighted by atomic mass is 9.66. The molecule has 0 amide bonds. The van der Waals surface area contributed by atoms with E-state index >= 15 is 0 Å². The summed E-state index contributed by atoms with van der Waals surface area (Å²) in [5.74, 6) is 0. The third-order valence-corrected chi connectivity index (χ3v) is 3.94. The van der Waals surface area contributed by atoms with E-state index < -0.39 is 0 Å². The van der Waals surface area contributed by atoms with Crippen molar-refractivity contribution in [1.82, 2.24) is 20.4 Å². The summed E-state index contributed by atoms with van der Waals surface area (Å²) < 4.78 is 0. The fourth-order valence-electron chi connectivity index (χ4n) is 2.75. The van der Waals surface area contributed by atoms with Gasteiger partial charge in [-0.1, -0.05) is 18.5 Å². The number of nitrogens with zero attached hydrogens (tertiary/aromatic N) is 3. The molecule has 0 radical (unpaired) electrons. The highest BCUT2D eigenvalue weighted by Crippen LogP contribution is 2.47. The predicted octanol–water partition coefficient (Wildman–Crippen LogP) is 1.10. The third-order valence-electron chi connectivity index (χ3n) is 3.74. The number of aromatic nitrogens is 2. The minimum absolute atomic E-state index is 0.361. The molecular weight excluding hydrogens is 224 g/mol. The molecule has 16 heavy (non-hydrogen) atoms. The minimum Gasteiger partial charge on any atom is -0.307 e. The minimum atomic E-state index is 0.361. The number of hydrogen-bond donors (Lipinski definition) is 1. The van der Waals surface area contributed by atoms with Gasteiger partial charge in [0, 0.05) is 25.0 Å². The Morgan fingerprint density at radius 3 is 2.81 bits per heavy atom. The molecule has 1 atom stereocenters. The van der Waals surface area contributed by atoms with E-state index in [0.29, 0.717) is 16.6 Å². The summed E-state index contributed by atoms with van der Waals surface area (Å²) in [6, 6.07) is 4.15. The first-order valence-electron chi connectivity index (χ1n) is 5.68.